The second-order valence-electron chi connectivity index (χ2n) is 10.2. The Hall–Kier alpha value is -4.05. The van der Waals surface area contributed by atoms with E-state index in [1.807, 2.05) is 65.5 Å². The molecule has 0 bridgehead atoms. The molecular formula is C37H22Cl4N2. The Morgan fingerprint density at radius 3 is 1.28 bits per heavy atom. The molecule has 0 atom stereocenters. The Bertz CT molecular complexity index is 2070. The van der Waals surface area contributed by atoms with Crippen molar-refractivity contribution in [2.45, 2.75) is 0 Å². The Morgan fingerprint density at radius 2 is 0.837 bits per heavy atom. The summed E-state index contributed by atoms with van der Waals surface area (Å²) in [5.41, 5.74) is 9.32. The van der Waals surface area contributed by atoms with E-state index in [4.69, 9.17) is 46.4 Å². The van der Waals surface area contributed by atoms with Crippen molar-refractivity contribution in [2.75, 3.05) is 0 Å². The molecule has 1 heterocycles. The van der Waals surface area contributed by atoms with Crippen LogP contribution in [0.5, 0.6) is 0 Å². The van der Waals surface area contributed by atoms with Crippen LogP contribution in [0.15, 0.2) is 134 Å². The summed E-state index contributed by atoms with van der Waals surface area (Å²) in [4.78, 5) is 0. The summed E-state index contributed by atoms with van der Waals surface area (Å²) in [5.74, 6) is 0. The summed E-state index contributed by atoms with van der Waals surface area (Å²) in [7, 11) is 0. The van der Waals surface area contributed by atoms with Crippen LogP contribution < -0.4 is 0 Å². The molecule has 6 heteroatoms. The van der Waals surface area contributed by atoms with E-state index in [1.54, 1.807) is 6.20 Å². The van der Waals surface area contributed by atoms with Gasteiger partial charge in [-0.1, -0.05) is 107 Å². The van der Waals surface area contributed by atoms with Gasteiger partial charge in [-0.25, -0.2) is 4.68 Å². The Balaban J connectivity index is 1.77. The van der Waals surface area contributed by atoms with Crippen LogP contribution in [0.4, 0.5) is 0 Å². The van der Waals surface area contributed by atoms with Gasteiger partial charge in [0.25, 0.3) is 0 Å². The van der Waals surface area contributed by atoms with Crippen molar-refractivity contribution in [3.63, 3.8) is 0 Å². The van der Waals surface area contributed by atoms with E-state index in [-0.39, 0.29) is 0 Å². The second kappa shape index (κ2) is 11.6. The van der Waals surface area contributed by atoms with Gasteiger partial charge in [-0.15, -0.1) is 0 Å². The van der Waals surface area contributed by atoms with E-state index in [0.29, 0.717) is 20.1 Å². The van der Waals surface area contributed by atoms with E-state index in [9.17, 15) is 0 Å². The maximum absolute atomic E-state index is 6.42. The quantitative estimate of drug-likeness (QED) is 0.184. The molecule has 0 spiro atoms. The average molecular weight is 636 g/mol. The van der Waals surface area contributed by atoms with Gasteiger partial charge in [0.05, 0.1) is 5.69 Å². The molecule has 2 nitrogen and oxygen atoms in total. The van der Waals surface area contributed by atoms with Crippen molar-refractivity contribution in [2.24, 2.45) is 0 Å². The van der Waals surface area contributed by atoms with Gasteiger partial charge < -0.3 is 0 Å². The first-order valence-corrected chi connectivity index (χ1v) is 15.2. The van der Waals surface area contributed by atoms with Gasteiger partial charge in [0.15, 0.2) is 0 Å². The molecule has 0 amide bonds. The summed E-state index contributed by atoms with van der Waals surface area (Å²) in [6.07, 6.45) is 3.76. The lowest BCUT2D eigenvalue weighted by atomic mass is 9.78. The lowest BCUT2D eigenvalue weighted by Crippen LogP contribution is -2.02. The molecule has 0 radical (unpaired) electrons. The molecule has 1 aromatic heterocycles. The third kappa shape index (κ3) is 5.22. The molecule has 43 heavy (non-hydrogen) atoms. The third-order valence-corrected chi connectivity index (χ3v) is 8.60. The number of hydrogen-bond acceptors (Lipinski definition) is 1. The average Bonchev–Trinajstić information content (AvgIpc) is 3.57. The van der Waals surface area contributed by atoms with Crippen molar-refractivity contribution < 1.29 is 0 Å². The van der Waals surface area contributed by atoms with Crippen LogP contribution in [-0.4, -0.2) is 9.78 Å². The Kier molecular flexibility index (Phi) is 7.46. The third-order valence-electron chi connectivity index (χ3n) is 7.59. The minimum atomic E-state index is 0.667. The summed E-state index contributed by atoms with van der Waals surface area (Å²) in [6, 6.07) is 40.3. The van der Waals surface area contributed by atoms with Gasteiger partial charge in [-0.3, -0.25) is 0 Å². The van der Waals surface area contributed by atoms with Crippen LogP contribution in [0.1, 0.15) is 0 Å². The normalized spacial score (nSPS) is 11.3. The number of nitrogens with zero attached hydrogens (tertiary/aromatic N) is 2. The van der Waals surface area contributed by atoms with Gasteiger partial charge in [-0.2, -0.15) is 5.10 Å². The number of hydrogen-bond donors (Lipinski definition) is 0. The zero-order valence-corrected chi connectivity index (χ0v) is 25.6. The molecule has 0 aliphatic rings. The smallest absolute Gasteiger partial charge is 0.0730 e. The summed E-state index contributed by atoms with van der Waals surface area (Å²) < 4.78 is 1.92. The zero-order chi connectivity index (χ0) is 29.5. The SMILES string of the molecule is Clc1ccc(-c2c(-c3ccc(Cl)cc3)c(-c3ccc(Cl)cc3)c3c(-n4cccn4)cccc3c2-c2ccc(Cl)cc2)cc1. The van der Waals surface area contributed by atoms with Crippen molar-refractivity contribution >= 4 is 57.2 Å². The molecular weight excluding hydrogens is 614 g/mol. The van der Waals surface area contributed by atoms with E-state index in [2.05, 4.69) is 71.8 Å². The van der Waals surface area contributed by atoms with Gasteiger partial charge in [0, 0.05) is 43.4 Å². The topological polar surface area (TPSA) is 17.8 Å². The minimum absolute atomic E-state index is 0.667. The highest BCUT2D eigenvalue weighted by atomic mass is 35.5. The maximum Gasteiger partial charge on any atom is 0.0730 e. The zero-order valence-electron chi connectivity index (χ0n) is 22.6. The van der Waals surface area contributed by atoms with Gasteiger partial charge in [-0.05, 0) is 105 Å². The van der Waals surface area contributed by atoms with Crippen molar-refractivity contribution in [3.05, 3.63) is 154 Å². The first-order chi connectivity index (χ1) is 21.0. The highest BCUT2D eigenvalue weighted by molar-refractivity contribution is 6.32. The molecule has 0 unspecified atom stereocenters. The van der Waals surface area contributed by atoms with Crippen LogP contribution in [0.2, 0.25) is 20.1 Å². The summed E-state index contributed by atoms with van der Waals surface area (Å²) in [5, 5.41) is 9.46. The molecule has 0 fully saturated rings. The molecule has 0 aliphatic heterocycles. The fraction of sp³-hybridized carbons (Fsp3) is 0. The molecule has 0 aliphatic carbocycles. The van der Waals surface area contributed by atoms with Crippen molar-refractivity contribution in [1.29, 1.82) is 0 Å². The molecule has 0 saturated carbocycles. The van der Waals surface area contributed by atoms with Crippen LogP contribution >= 0.6 is 46.4 Å². The number of benzene rings is 6. The van der Waals surface area contributed by atoms with Crippen molar-refractivity contribution in [3.8, 4) is 50.2 Å². The van der Waals surface area contributed by atoms with Gasteiger partial charge in [0.1, 0.15) is 0 Å². The van der Waals surface area contributed by atoms with E-state index in [1.165, 1.54) is 0 Å². The first-order valence-electron chi connectivity index (χ1n) is 13.6. The largest absolute Gasteiger partial charge is 0.240 e. The second-order valence-corrected chi connectivity index (χ2v) is 11.9. The van der Waals surface area contributed by atoms with E-state index < -0.39 is 0 Å². The predicted molar refractivity (Wildman–Crippen MR) is 183 cm³/mol. The van der Waals surface area contributed by atoms with E-state index in [0.717, 1.165) is 61.0 Å². The van der Waals surface area contributed by atoms with Crippen LogP contribution in [0.3, 0.4) is 0 Å². The van der Waals surface area contributed by atoms with Crippen molar-refractivity contribution in [1.82, 2.24) is 9.78 Å². The number of halogens is 4. The van der Waals surface area contributed by atoms with Crippen LogP contribution in [-0.2, 0) is 0 Å². The molecule has 7 rings (SSSR count). The number of rotatable bonds is 5. The first kappa shape index (κ1) is 27.8. The highest BCUT2D eigenvalue weighted by Gasteiger charge is 2.26. The summed E-state index contributed by atoms with van der Waals surface area (Å²) >= 11 is 25.6. The lowest BCUT2D eigenvalue weighted by Gasteiger charge is -2.25. The van der Waals surface area contributed by atoms with Crippen LogP contribution in [0.25, 0.3) is 61.0 Å². The Labute approximate surface area is 269 Å². The lowest BCUT2D eigenvalue weighted by molar-refractivity contribution is 0.888. The summed E-state index contributed by atoms with van der Waals surface area (Å²) in [6.45, 7) is 0. The molecule has 7 aromatic rings. The molecule has 0 N–H and O–H groups in total. The van der Waals surface area contributed by atoms with Gasteiger partial charge in [0.2, 0.25) is 0 Å². The van der Waals surface area contributed by atoms with Crippen LogP contribution in [0, 0.1) is 0 Å². The monoisotopic (exact) mass is 634 g/mol. The Morgan fingerprint density at radius 1 is 0.419 bits per heavy atom. The van der Waals surface area contributed by atoms with E-state index >= 15 is 0 Å². The minimum Gasteiger partial charge on any atom is -0.240 e. The number of fused-ring (bicyclic) bond motifs is 1. The van der Waals surface area contributed by atoms with Gasteiger partial charge >= 0.3 is 0 Å². The molecule has 6 aromatic carbocycles. The number of aromatic nitrogens is 2. The molecule has 0 saturated heterocycles. The highest BCUT2D eigenvalue weighted by Crippen LogP contribution is 2.52. The standard InChI is InChI=1S/C37H22Cl4N2/c38-27-13-5-23(6-14-27)33-31-3-1-4-32(43-22-2-21-42-43)37(31)36(26-11-19-30(41)20-12-26)35(25-9-17-29(40)18-10-25)34(33)24-7-15-28(39)16-8-24/h1-22H. The predicted octanol–water partition coefficient (Wildman–Crippen LogP) is 12.3. The maximum atomic E-state index is 6.42. The molecule has 208 valence electrons. The fourth-order valence-electron chi connectivity index (χ4n) is 5.76. The fourth-order valence-corrected chi connectivity index (χ4v) is 6.26.